The average Bonchev–Trinajstić information content (AvgIpc) is 2.58. The van der Waals surface area contributed by atoms with Crippen molar-refractivity contribution < 1.29 is 26.3 Å². The molecule has 2 heterocycles. The van der Waals surface area contributed by atoms with E-state index >= 15 is 0 Å². The fraction of sp³-hybridized carbons (Fsp3) is 0.300. The van der Waals surface area contributed by atoms with E-state index in [-0.39, 0.29) is 15.5 Å². The Hall–Kier alpha value is -1.73. The number of nitrogens with zero attached hydrogens (tertiary/aromatic N) is 2. The maximum atomic E-state index is 12.5. The van der Waals surface area contributed by atoms with Crippen LogP contribution in [-0.2, 0) is 0 Å². The summed E-state index contributed by atoms with van der Waals surface area (Å²) in [6, 6.07) is -1.04. The minimum Gasteiger partial charge on any atom is -0.327 e. The third kappa shape index (κ3) is 2.14. The first-order valence-electron chi connectivity index (χ1n) is 4.75. The van der Waals surface area contributed by atoms with Crippen molar-refractivity contribution in [2.45, 2.75) is 18.4 Å². The number of hydrogen-bond donors (Lipinski definition) is 0. The third-order valence-corrected chi connectivity index (χ3v) is 2.42. The molecule has 2 rings (SSSR count). The summed E-state index contributed by atoms with van der Waals surface area (Å²) in [4.78, 5) is 3.54. The fourth-order valence-electron chi connectivity index (χ4n) is 1.72. The van der Waals surface area contributed by atoms with Gasteiger partial charge in [-0.25, -0.2) is 0 Å². The Labute approximate surface area is 96.8 Å². The Bertz CT molecular complexity index is 539. The topological polar surface area (TPSA) is 17.8 Å². The molecule has 98 valence electrons. The summed E-state index contributed by atoms with van der Waals surface area (Å²) in [5, 5.41) is 0.267. The van der Waals surface area contributed by atoms with E-state index in [4.69, 9.17) is 0 Å². The van der Waals surface area contributed by atoms with Gasteiger partial charge in [-0.15, -0.1) is 0 Å². The molecule has 0 fully saturated rings. The number of alkyl halides is 6. The van der Waals surface area contributed by atoms with Gasteiger partial charge in [-0.2, -0.15) is 26.3 Å². The van der Waals surface area contributed by atoms with Crippen LogP contribution in [-0.4, -0.2) is 21.9 Å². The SMILES string of the molecule is FC(F)(F)C(n1ccc2ccncc21)C(F)(F)F. The molecule has 0 aliphatic heterocycles. The summed E-state index contributed by atoms with van der Waals surface area (Å²) in [6.07, 6.45) is -7.80. The van der Waals surface area contributed by atoms with E-state index < -0.39 is 18.4 Å². The second-order valence-electron chi connectivity index (χ2n) is 3.64. The zero-order chi connectivity index (χ0) is 13.6. The molecular formula is C10H6F6N2. The van der Waals surface area contributed by atoms with Gasteiger partial charge >= 0.3 is 12.4 Å². The van der Waals surface area contributed by atoms with Crippen LogP contribution in [0, 0.1) is 0 Å². The van der Waals surface area contributed by atoms with Crippen LogP contribution in [0.15, 0.2) is 30.7 Å². The summed E-state index contributed by atoms with van der Waals surface area (Å²) in [5.74, 6) is 0. The van der Waals surface area contributed by atoms with E-state index in [2.05, 4.69) is 4.98 Å². The smallest absolute Gasteiger partial charge is 0.327 e. The minimum absolute atomic E-state index is 0.141. The summed E-state index contributed by atoms with van der Waals surface area (Å²) in [6.45, 7) is 0. The van der Waals surface area contributed by atoms with Crippen molar-refractivity contribution in [3.05, 3.63) is 30.7 Å². The molecule has 2 aromatic rings. The zero-order valence-electron chi connectivity index (χ0n) is 8.63. The molecular weight excluding hydrogens is 262 g/mol. The highest BCUT2D eigenvalue weighted by atomic mass is 19.4. The van der Waals surface area contributed by atoms with E-state index in [1.807, 2.05) is 0 Å². The summed E-state index contributed by atoms with van der Waals surface area (Å²) in [5.41, 5.74) is -0.211. The fourth-order valence-corrected chi connectivity index (χ4v) is 1.72. The van der Waals surface area contributed by atoms with E-state index in [1.54, 1.807) is 0 Å². The molecule has 0 unspecified atom stereocenters. The highest BCUT2D eigenvalue weighted by Crippen LogP contribution is 2.44. The van der Waals surface area contributed by atoms with Crippen LogP contribution < -0.4 is 0 Å². The molecule has 0 radical (unpaired) electrons. The Morgan fingerprint density at radius 2 is 1.61 bits per heavy atom. The van der Waals surface area contributed by atoms with Gasteiger partial charge in [-0.1, -0.05) is 0 Å². The quantitative estimate of drug-likeness (QED) is 0.721. The normalized spacial score (nSPS) is 13.5. The summed E-state index contributed by atoms with van der Waals surface area (Å²) in [7, 11) is 0. The largest absolute Gasteiger partial charge is 0.418 e. The van der Waals surface area contributed by atoms with Crippen molar-refractivity contribution >= 4 is 10.9 Å². The number of aromatic nitrogens is 2. The second-order valence-corrected chi connectivity index (χ2v) is 3.64. The molecule has 0 aromatic carbocycles. The Balaban J connectivity index is 2.63. The Kier molecular flexibility index (Phi) is 2.75. The lowest BCUT2D eigenvalue weighted by Crippen LogP contribution is -2.38. The van der Waals surface area contributed by atoms with Gasteiger partial charge in [-0.3, -0.25) is 4.98 Å². The van der Waals surface area contributed by atoms with Crippen molar-refractivity contribution in [2.75, 3.05) is 0 Å². The van der Waals surface area contributed by atoms with Crippen molar-refractivity contribution in [3.63, 3.8) is 0 Å². The van der Waals surface area contributed by atoms with Crippen LogP contribution in [0.2, 0.25) is 0 Å². The molecule has 0 saturated heterocycles. The van der Waals surface area contributed by atoms with Gasteiger partial charge in [0.1, 0.15) is 0 Å². The molecule has 0 saturated carbocycles. The molecule has 2 nitrogen and oxygen atoms in total. The summed E-state index contributed by atoms with van der Waals surface area (Å²) < 4.78 is 75.4. The first kappa shape index (κ1) is 12.7. The maximum Gasteiger partial charge on any atom is 0.418 e. The third-order valence-electron chi connectivity index (χ3n) is 2.42. The predicted molar refractivity (Wildman–Crippen MR) is 50.9 cm³/mol. The van der Waals surface area contributed by atoms with Gasteiger partial charge in [0.25, 0.3) is 0 Å². The van der Waals surface area contributed by atoms with E-state index in [1.165, 1.54) is 18.3 Å². The monoisotopic (exact) mass is 268 g/mol. The number of halogens is 6. The summed E-state index contributed by atoms with van der Waals surface area (Å²) >= 11 is 0. The van der Waals surface area contributed by atoms with E-state index in [0.717, 1.165) is 12.4 Å². The van der Waals surface area contributed by atoms with Gasteiger partial charge in [0.15, 0.2) is 0 Å². The lowest BCUT2D eigenvalue weighted by atomic mass is 10.2. The maximum absolute atomic E-state index is 12.5. The number of pyridine rings is 1. The van der Waals surface area contributed by atoms with Crippen LogP contribution in [0.1, 0.15) is 6.04 Å². The highest BCUT2D eigenvalue weighted by Gasteiger charge is 2.58. The zero-order valence-corrected chi connectivity index (χ0v) is 8.63. The molecule has 0 bridgehead atoms. The standard InChI is InChI=1S/C10H6F6N2/c11-9(12,13)8(10(14,15)16)18-4-2-6-1-3-17-5-7(6)18/h1-5,8H. The van der Waals surface area contributed by atoms with E-state index in [9.17, 15) is 26.3 Å². The molecule has 0 aliphatic rings. The van der Waals surface area contributed by atoms with Crippen LogP contribution in [0.4, 0.5) is 26.3 Å². The van der Waals surface area contributed by atoms with Gasteiger partial charge in [0, 0.05) is 17.8 Å². The van der Waals surface area contributed by atoms with Crippen LogP contribution in [0.3, 0.4) is 0 Å². The van der Waals surface area contributed by atoms with Crippen molar-refractivity contribution in [1.82, 2.24) is 9.55 Å². The van der Waals surface area contributed by atoms with Crippen LogP contribution >= 0.6 is 0 Å². The van der Waals surface area contributed by atoms with Crippen molar-refractivity contribution in [3.8, 4) is 0 Å². The molecule has 0 N–H and O–H groups in total. The molecule has 0 atom stereocenters. The number of fused-ring (bicyclic) bond motifs is 1. The number of hydrogen-bond acceptors (Lipinski definition) is 1. The second kappa shape index (κ2) is 3.89. The molecule has 0 amide bonds. The lowest BCUT2D eigenvalue weighted by molar-refractivity contribution is -0.273. The molecule has 0 aliphatic carbocycles. The lowest BCUT2D eigenvalue weighted by Gasteiger charge is -2.25. The highest BCUT2D eigenvalue weighted by molar-refractivity contribution is 5.79. The van der Waals surface area contributed by atoms with Crippen molar-refractivity contribution in [1.29, 1.82) is 0 Å². The van der Waals surface area contributed by atoms with Gasteiger partial charge in [-0.05, 0) is 12.1 Å². The number of rotatable bonds is 1. The van der Waals surface area contributed by atoms with E-state index in [0.29, 0.717) is 0 Å². The first-order valence-corrected chi connectivity index (χ1v) is 4.75. The Morgan fingerprint density at radius 1 is 1.00 bits per heavy atom. The predicted octanol–water partition coefficient (Wildman–Crippen LogP) is 3.70. The Morgan fingerprint density at radius 3 is 2.17 bits per heavy atom. The molecule has 0 spiro atoms. The van der Waals surface area contributed by atoms with Crippen LogP contribution in [0.5, 0.6) is 0 Å². The molecule has 18 heavy (non-hydrogen) atoms. The molecule has 8 heteroatoms. The molecule has 2 aromatic heterocycles. The average molecular weight is 268 g/mol. The first-order chi connectivity index (χ1) is 8.21. The minimum atomic E-state index is -5.42. The van der Waals surface area contributed by atoms with Gasteiger partial charge in [0.2, 0.25) is 6.04 Å². The van der Waals surface area contributed by atoms with Gasteiger partial charge < -0.3 is 4.57 Å². The van der Waals surface area contributed by atoms with Crippen LogP contribution in [0.25, 0.3) is 10.9 Å². The van der Waals surface area contributed by atoms with Gasteiger partial charge in [0.05, 0.1) is 11.7 Å². The van der Waals surface area contributed by atoms with Crippen molar-refractivity contribution in [2.24, 2.45) is 0 Å².